The molecular formula is C23H25NO5. The molecule has 0 unspecified atom stereocenters. The second-order valence-electron chi connectivity index (χ2n) is 7.46. The monoisotopic (exact) mass is 395 g/mol. The lowest BCUT2D eigenvalue weighted by Crippen LogP contribution is -2.31. The highest BCUT2D eigenvalue weighted by atomic mass is 16.6. The van der Waals surface area contributed by atoms with Crippen LogP contribution in [0.2, 0.25) is 0 Å². The minimum absolute atomic E-state index is 0.150. The van der Waals surface area contributed by atoms with Gasteiger partial charge in [-0.15, -0.1) is 0 Å². The molecule has 1 N–H and O–H groups in total. The number of nitrogens with one attached hydrogen (secondary N) is 1. The number of carbonyl (C=O) groups excluding carboxylic acids is 2. The summed E-state index contributed by atoms with van der Waals surface area (Å²) in [6.07, 6.45) is 4.68. The molecule has 2 aromatic rings. The molecule has 0 radical (unpaired) electrons. The van der Waals surface area contributed by atoms with Gasteiger partial charge in [0, 0.05) is 0 Å². The molecule has 1 aliphatic carbocycles. The third-order valence-electron chi connectivity index (χ3n) is 5.36. The second kappa shape index (κ2) is 8.55. The van der Waals surface area contributed by atoms with E-state index in [4.69, 9.17) is 14.2 Å². The number of benzene rings is 2. The van der Waals surface area contributed by atoms with Crippen LogP contribution in [0.15, 0.2) is 36.4 Å². The van der Waals surface area contributed by atoms with Crippen molar-refractivity contribution in [3.05, 3.63) is 58.7 Å². The number of rotatable bonds is 5. The van der Waals surface area contributed by atoms with Gasteiger partial charge in [0.05, 0.1) is 11.6 Å². The first-order chi connectivity index (χ1) is 14.1. The quantitative estimate of drug-likeness (QED) is 0.786. The molecule has 1 aliphatic heterocycles. The SMILES string of the molecule is C[C@@H](NC(=O)COC(=O)c1ccc2c(c1)OCCO2)c1ccc2c(c1)CCCC2. The third-order valence-corrected chi connectivity index (χ3v) is 5.36. The van der Waals surface area contributed by atoms with Crippen molar-refractivity contribution in [3.63, 3.8) is 0 Å². The maximum Gasteiger partial charge on any atom is 0.338 e. The Balaban J connectivity index is 1.31. The van der Waals surface area contributed by atoms with Crippen molar-refractivity contribution >= 4 is 11.9 Å². The first-order valence-corrected chi connectivity index (χ1v) is 10.1. The average Bonchev–Trinajstić information content (AvgIpc) is 2.76. The van der Waals surface area contributed by atoms with Gasteiger partial charge >= 0.3 is 5.97 Å². The van der Waals surface area contributed by atoms with Crippen LogP contribution in [0.3, 0.4) is 0 Å². The highest BCUT2D eigenvalue weighted by molar-refractivity contribution is 5.92. The van der Waals surface area contributed by atoms with Crippen LogP contribution in [0.4, 0.5) is 0 Å². The molecule has 6 nitrogen and oxygen atoms in total. The average molecular weight is 395 g/mol. The van der Waals surface area contributed by atoms with E-state index < -0.39 is 5.97 Å². The molecule has 29 heavy (non-hydrogen) atoms. The fourth-order valence-corrected chi connectivity index (χ4v) is 3.77. The predicted octanol–water partition coefficient (Wildman–Crippen LogP) is 3.37. The summed E-state index contributed by atoms with van der Waals surface area (Å²) in [6.45, 7) is 2.53. The summed E-state index contributed by atoms with van der Waals surface area (Å²) in [4.78, 5) is 24.5. The van der Waals surface area contributed by atoms with Crippen LogP contribution in [0, 0.1) is 0 Å². The Bertz CT molecular complexity index is 923. The lowest BCUT2D eigenvalue weighted by molar-refractivity contribution is -0.124. The molecule has 0 spiro atoms. The molecule has 0 saturated carbocycles. The lowest BCUT2D eigenvalue weighted by Gasteiger charge is -2.20. The molecule has 1 atom stereocenters. The Hall–Kier alpha value is -3.02. The summed E-state index contributed by atoms with van der Waals surface area (Å²) in [7, 11) is 0. The van der Waals surface area contributed by atoms with E-state index in [0.29, 0.717) is 30.3 Å². The summed E-state index contributed by atoms with van der Waals surface area (Å²) >= 11 is 0. The van der Waals surface area contributed by atoms with Gasteiger partial charge in [-0.1, -0.05) is 18.2 Å². The van der Waals surface area contributed by atoms with Gasteiger partial charge in [0.15, 0.2) is 18.1 Å². The second-order valence-corrected chi connectivity index (χ2v) is 7.46. The van der Waals surface area contributed by atoms with Gasteiger partial charge in [0.25, 0.3) is 5.91 Å². The highest BCUT2D eigenvalue weighted by Crippen LogP contribution is 2.31. The molecule has 0 fully saturated rings. The largest absolute Gasteiger partial charge is 0.486 e. The number of hydrogen-bond acceptors (Lipinski definition) is 5. The molecular weight excluding hydrogens is 370 g/mol. The number of esters is 1. The number of fused-ring (bicyclic) bond motifs is 2. The molecule has 4 rings (SSSR count). The number of carbonyl (C=O) groups is 2. The molecule has 0 bridgehead atoms. The third kappa shape index (κ3) is 4.53. The molecule has 1 heterocycles. The summed E-state index contributed by atoms with van der Waals surface area (Å²) in [5.74, 6) is 0.209. The Morgan fingerprint density at radius 1 is 1.00 bits per heavy atom. The normalized spacial score (nSPS) is 15.8. The zero-order valence-corrected chi connectivity index (χ0v) is 16.5. The minimum atomic E-state index is -0.571. The summed E-state index contributed by atoms with van der Waals surface area (Å²) in [5.41, 5.74) is 4.17. The lowest BCUT2D eigenvalue weighted by atomic mass is 9.89. The van der Waals surface area contributed by atoms with E-state index in [1.807, 2.05) is 6.92 Å². The van der Waals surface area contributed by atoms with E-state index in [9.17, 15) is 9.59 Å². The number of ether oxygens (including phenoxy) is 3. The van der Waals surface area contributed by atoms with Crippen LogP contribution in [0.1, 0.15) is 52.9 Å². The van der Waals surface area contributed by atoms with Crippen molar-refractivity contribution in [1.82, 2.24) is 5.32 Å². The predicted molar refractivity (Wildman–Crippen MR) is 107 cm³/mol. The summed E-state index contributed by atoms with van der Waals surface area (Å²) in [6, 6.07) is 11.1. The number of hydrogen-bond donors (Lipinski definition) is 1. The molecule has 152 valence electrons. The summed E-state index contributed by atoms with van der Waals surface area (Å²) < 4.78 is 16.1. The van der Waals surface area contributed by atoms with Gasteiger partial charge < -0.3 is 19.5 Å². The molecule has 2 aromatic carbocycles. The molecule has 1 amide bonds. The number of aryl methyl sites for hydroxylation is 2. The van der Waals surface area contributed by atoms with Gasteiger partial charge in [-0.25, -0.2) is 4.79 Å². The van der Waals surface area contributed by atoms with Crippen molar-refractivity contribution in [2.75, 3.05) is 19.8 Å². The van der Waals surface area contributed by atoms with E-state index in [0.717, 1.165) is 18.4 Å². The van der Waals surface area contributed by atoms with E-state index in [1.54, 1.807) is 18.2 Å². The van der Waals surface area contributed by atoms with Gasteiger partial charge in [-0.05, 0) is 67.5 Å². The van der Waals surface area contributed by atoms with E-state index >= 15 is 0 Å². The van der Waals surface area contributed by atoms with E-state index in [2.05, 4.69) is 23.5 Å². The first-order valence-electron chi connectivity index (χ1n) is 10.1. The number of amides is 1. The van der Waals surface area contributed by atoms with Crippen molar-refractivity contribution < 1.29 is 23.8 Å². The van der Waals surface area contributed by atoms with E-state index in [-0.39, 0.29) is 18.6 Å². The molecule has 6 heteroatoms. The van der Waals surface area contributed by atoms with Crippen LogP contribution in [0.25, 0.3) is 0 Å². The van der Waals surface area contributed by atoms with Crippen LogP contribution in [0.5, 0.6) is 11.5 Å². The van der Waals surface area contributed by atoms with Crippen molar-refractivity contribution in [3.8, 4) is 11.5 Å². The van der Waals surface area contributed by atoms with Gasteiger partial charge in [-0.2, -0.15) is 0 Å². The zero-order valence-electron chi connectivity index (χ0n) is 16.5. The van der Waals surface area contributed by atoms with Gasteiger partial charge in [-0.3, -0.25) is 4.79 Å². The molecule has 0 saturated heterocycles. The first kappa shape index (κ1) is 19.3. The summed E-state index contributed by atoms with van der Waals surface area (Å²) in [5, 5.41) is 2.90. The Morgan fingerprint density at radius 2 is 1.76 bits per heavy atom. The fraction of sp³-hybridized carbons (Fsp3) is 0.391. The van der Waals surface area contributed by atoms with Gasteiger partial charge in [0.2, 0.25) is 0 Å². The van der Waals surface area contributed by atoms with Crippen LogP contribution < -0.4 is 14.8 Å². The smallest absolute Gasteiger partial charge is 0.338 e. The van der Waals surface area contributed by atoms with Crippen LogP contribution in [-0.4, -0.2) is 31.7 Å². The molecule has 0 aromatic heterocycles. The Morgan fingerprint density at radius 3 is 2.59 bits per heavy atom. The highest BCUT2D eigenvalue weighted by Gasteiger charge is 2.18. The van der Waals surface area contributed by atoms with Crippen molar-refractivity contribution in [1.29, 1.82) is 0 Å². The van der Waals surface area contributed by atoms with E-state index in [1.165, 1.54) is 24.0 Å². The standard InChI is InChI=1S/C23H25NO5/c1-15(17-7-6-16-4-2-3-5-18(16)12-17)24-22(25)14-29-23(26)19-8-9-20-21(13-19)28-11-10-27-20/h6-9,12-13,15H,2-5,10-11,14H2,1H3,(H,24,25)/t15-/m1/s1. The Kier molecular flexibility index (Phi) is 5.69. The van der Waals surface area contributed by atoms with Crippen LogP contribution >= 0.6 is 0 Å². The van der Waals surface area contributed by atoms with Gasteiger partial charge in [0.1, 0.15) is 13.2 Å². The Labute approximate surface area is 170 Å². The van der Waals surface area contributed by atoms with Crippen molar-refractivity contribution in [2.24, 2.45) is 0 Å². The van der Waals surface area contributed by atoms with Crippen molar-refractivity contribution in [2.45, 2.75) is 38.6 Å². The topological polar surface area (TPSA) is 73.9 Å². The maximum atomic E-state index is 12.3. The zero-order chi connectivity index (χ0) is 20.2. The maximum absolute atomic E-state index is 12.3. The molecule has 2 aliphatic rings. The fourth-order valence-electron chi connectivity index (χ4n) is 3.77. The van der Waals surface area contributed by atoms with Crippen LogP contribution in [-0.2, 0) is 22.4 Å². The minimum Gasteiger partial charge on any atom is -0.486 e.